The van der Waals surface area contributed by atoms with E-state index in [1.54, 1.807) is 23.9 Å². The number of methoxy groups -OCH3 is 1. The molecule has 0 aliphatic carbocycles. The Labute approximate surface area is 207 Å². The number of rotatable bonds is 10. The van der Waals surface area contributed by atoms with Gasteiger partial charge in [0.1, 0.15) is 12.4 Å². The third kappa shape index (κ3) is 5.67. The van der Waals surface area contributed by atoms with Crippen molar-refractivity contribution < 1.29 is 23.5 Å². The second-order valence-electron chi connectivity index (χ2n) is 8.17. The van der Waals surface area contributed by atoms with Crippen LogP contribution in [0.4, 0.5) is 0 Å². The van der Waals surface area contributed by atoms with Crippen LogP contribution < -0.4 is 10.1 Å². The molecule has 3 aromatic heterocycles. The normalized spacial score (nSPS) is 14.2. The highest BCUT2D eigenvalue weighted by Gasteiger charge is 2.19. The molecule has 0 bridgehead atoms. The zero-order chi connectivity index (χ0) is 24.7. The third-order valence-corrected chi connectivity index (χ3v) is 5.69. The van der Waals surface area contributed by atoms with E-state index in [0.717, 1.165) is 30.8 Å². The lowest BCUT2D eigenvalue weighted by Gasteiger charge is -2.26. The topological polar surface area (TPSA) is 129 Å². The van der Waals surface area contributed by atoms with Crippen LogP contribution in [0.25, 0.3) is 28.3 Å². The Morgan fingerprint density at radius 1 is 1.14 bits per heavy atom. The average Bonchev–Trinajstić information content (AvgIpc) is 3.57. The fourth-order valence-corrected chi connectivity index (χ4v) is 3.83. The molecule has 12 nitrogen and oxygen atoms in total. The number of carbonyl (C=O) groups is 1. The fourth-order valence-electron chi connectivity index (χ4n) is 3.83. The van der Waals surface area contributed by atoms with Gasteiger partial charge in [0, 0.05) is 50.6 Å². The lowest BCUT2D eigenvalue weighted by molar-refractivity contribution is 0.0382. The molecule has 0 spiro atoms. The van der Waals surface area contributed by atoms with Crippen molar-refractivity contribution >= 4 is 11.6 Å². The van der Waals surface area contributed by atoms with E-state index in [1.807, 2.05) is 30.5 Å². The minimum absolute atomic E-state index is 0.101. The molecule has 1 aliphatic heterocycles. The number of morpholine rings is 1. The first-order valence-corrected chi connectivity index (χ1v) is 11.7. The molecule has 1 fully saturated rings. The molecule has 12 heteroatoms. The molecule has 1 saturated heterocycles. The van der Waals surface area contributed by atoms with Crippen LogP contribution in [-0.2, 0) is 9.47 Å². The minimum Gasteiger partial charge on any atom is -0.491 e. The van der Waals surface area contributed by atoms with Gasteiger partial charge in [-0.05, 0) is 30.3 Å². The Morgan fingerprint density at radius 3 is 2.83 bits per heavy atom. The van der Waals surface area contributed by atoms with Gasteiger partial charge in [0.15, 0.2) is 5.65 Å². The number of ether oxygens (including phenoxy) is 3. The first kappa shape index (κ1) is 23.9. The summed E-state index contributed by atoms with van der Waals surface area (Å²) < 4.78 is 23.2. The van der Waals surface area contributed by atoms with Gasteiger partial charge in [0.25, 0.3) is 0 Å². The summed E-state index contributed by atoms with van der Waals surface area (Å²) in [6.45, 7) is 5.15. The average molecular weight is 494 g/mol. The van der Waals surface area contributed by atoms with Gasteiger partial charge in [-0.15, -0.1) is 0 Å². The van der Waals surface area contributed by atoms with Gasteiger partial charge in [0.2, 0.25) is 5.82 Å². The van der Waals surface area contributed by atoms with Gasteiger partial charge in [-0.1, -0.05) is 5.16 Å². The fraction of sp³-hybridized carbons (Fsp3) is 0.375. The van der Waals surface area contributed by atoms with Crippen LogP contribution in [0, 0.1) is 0 Å². The van der Waals surface area contributed by atoms with Crippen LogP contribution in [0.3, 0.4) is 0 Å². The van der Waals surface area contributed by atoms with E-state index >= 15 is 0 Å². The summed E-state index contributed by atoms with van der Waals surface area (Å²) in [6.07, 6.45) is 3.53. The zero-order valence-electron chi connectivity index (χ0n) is 19.9. The number of nitrogens with zero attached hydrogens (tertiary/aromatic N) is 6. The van der Waals surface area contributed by atoms with Gasteiger partial charge < -0.3 is 24.1 Å². The van der Waals surface area contributed by atoms with Crippen molar-refractivity contribution in [2.75, 3.05) is 59.7 Å². The highest BCUT2D eigenvalue weighted by atomic mass is 16.5. The molecule has 0 saturated carbocycles. The number of aromatic nitrogens is 5. The quantitative estimate of drug-likeness (QED) is 0.325. The predicted molar refractivity (Wildman–Crippen MR) is 129 cm³/mol. The summed E-state index contributed by atoms with van der Waals surface area (Å²) >= 11 is 0. The Morgan fingerprint density at radius 2 is 2.00 bits per heavy atom. The summed E-state index contributed by atoms with van der Waals surface area (Å²) in [5.41, 5.74) is 2.83. The predicted octanol–water partition coefficient (Wildman–Crippen LogP) is 1.53. The van der Waals surface area contributed by atoms with Crippen molar-refractivity contribution in [3.05, 3.63) is 48.6 Å². The highest BCUT2D eigenvalue weighted by molar-refractivity contribution is 5.90. The number of carbonyl (C=O) groups excluding carboxylic acids is 1. The van der Waals surface area contributed by atoms with E-state index in [2.05, 4.69) is 30.4 Å². The summed E-state index contributed by atoms with van der Waals surface area (Å²) in [5, 5.41) is 11.1. The van der Waals surface area contributed by atoms with Crippen LogP contribution >= 0.6 is 0 Å². The summed E-state index contributed by atoms with van der Waals surface area (Å²) in [6, 6.07) is 9.24. The number of benzene rings is 1. The maximum Gasteiger partial charge on any atom is 0.316 e. The Balaban J connectivity index is 1.34. The molecule has 1 N–H and O–H groups in total. The molecule has 5 rings (SSSR count). The number of fused-ring (bicyclic) bond motifs is 1. The van der Waals surface area contributed by atoms with Gasteiger partial charge in [-0.25, -0.2) is 9.50 Å². The molecule has 1 amide bonds. The lowest BCUT2D eigenvalue weighted by atomic mass is 10.1. The highest BCUT2D eigenvalue weighted by Crippen LogP contribution is 2.30. The molecule has 1 aliphatic rings. The SMILES string of the molecule is COCCOc1cc(-c2cn3ncccc3n2)cc(-c2noc(C(=O)NCCN3CCOCC3)n2)c1. The van der Waals surface area contributed by atoms with Crippen molar-refractivity contribution in [1.29, 1.82) is 0 Å². The van der Waals surface area contributed by atoms with E-state index in [0.29, 0.717) is 50.0 Å². The Kier molecular flexibility index (Phi) is 7.45. The molecule has 4 aromatic rings. The lowest BCUT2D eigenvalue weighted by Crippen LogP contribution is -2.41. The molecule has 36 heavy (non-hydrogen) atoms. The molecule has 188 valence electrons. The molecular weight excluding hydrogens is 466 g/mol. The molecule has 1 aromatic carbocycles. The smallest absolute Gasteiger partial charge is 0.316 e. The molecule has 0 unspecified atom stereocenters. The second kappa shape index (κ2) is 11.2. The molecular formula is C24H27N7O5. The third-order valence-electron chi connectivity index (χ3n) is 5.69. The number of hydrogen-bond donors (Lipinski definition) is 1. The molecule has 0 atom stereocenters. The number of amides is 1. The summed E-state index contributed by atoms with van der Waals surface area (Å²) in [5.74, 6) is 0.344. The van der Waals surface area contributed by atoms with Crippen LogP contribution in [0.15, 0.2) is 47.2 Å². The van der Waals surface area contributed by atoms with Crippen LogP contribution in [0.1, 0.15) is 10.7 Å². The van der Waals surface area contributed by atoms with Gasteiger partial charge in [0.05, 0.1) is 31.7 Å². The van der Waals surface area contributed by atoms with Crippen molar-refractivity contribution in [1.82, 2.24) is 35.0 Å². The van der Waals surface area contributed by atoms with Gasteiger partial charge in [-0.2, -0.15) is 10.1 Å². The summed E-state index contributed by atoms with van der Waals surface area (Å²) in [4.78, 5) is 23.7. The van der Waals surface area contributed by atoms with E-state index in [4.69, 9.17) is 18.7 Å². The first-order chi connectivity index (χ1) is 17.7. The van der Waals surface area contributed by atoms with E-state index in [9.17, 15) is 4.79 Å². The van der Waals surface area contributed by atoms with Gasteiger partial charge >= 0.3 is 11.8 Å². The largest absolute Gasteiger partial charge is 0.491 e. The maximum atomic E-state index is 12.6. The van der Waals surface area contributed by atoms with Crippen molar-refractivity contribution in [3.63, 3.8) is 0 Å². The Hall–Kier alpha value is -3.87. The van der Waals surface area contributed by atoms with Gasteiger partial charge in [-0.3, -0.25) is 9.69 Å². The van der Waals surface area contributed by atoms with E-state index in [-0.39, 0.29) is 11.7 Å². The molecule has 4 heterocycles. The zero-order valence-corrected chi connectivity index (χ0v) is 19.9. The van der Waals surface area contributed by atoms with Crippen LogP contribution in [0.5, 0.6) is 5.75 Å². The Bertz CT molecular complexity index is 1280. The van der Waals surface area contributed by atoms with E-state index < -0.39 is 5.91 Å². The maximum absolute atomic E-state index is 12.6. The van der Waals surface area contributed by atoms with Crippen molar-refractivity contribution in [3.8, 4) is 28.4 Å². The number of imidazole rings is 1. The monoisotopic (exact) mass is 493 g/mol. The second-order valence-corrected chi connectivity index (χ2v) is 8.17. The van der Waals surface area contributed by atoms with Crippen LogP contribution in [0.2, 0.25) is 0 Å². The minimum atomic E-state index is -0.416. The van der Waals surface area contributed by atoms with Crippen molar-refractivity contribution in [2.24, 2.45) is 0 Å². The summed E-state index contributed by atoms with van der Waals surface area (Å²) in [7, 11) is 1.61. The van der Waals surface area contributed by atoms with E-state index in [1.165, 1.54) is 0 Å². The number of nitrogens with one attached hydrogen (secondary N) is 1. The van der Waals surface area contributed by atoms with Crippen molar-refractivity contribution in [2.45, 2.75) is 0 Å². The number of hydrogen-bond acceptors (Lipinski definition) is 10. The molecule has 0 radical (unpaired) electrons. The first-order valence-electron chi connectivity index (χ1n) is 11.7. The standard InChI is InChI=1S/C24H27N7O5/c1-33-11-12-35-19-14-17(20-16-31-21(27-20)3-2-4-26-31)13-18(15-19)22-28-24(36-29-22)23(32)25-5-6-30-7-9-34-10-8-30/h2-4,13-16H,5-12H2,1H3,(H,25,32). The van der Waals surface area contributed by atoms with Crippen LogP contribution in [-0.4, -0.2) is 95.3 Å².